The van der Waals surface area contributed by atoms with Crippen LogP contribution in [0.2, 0.25) is 5.02 Å². The number of carbonyl (C=O) groups is 1. The molecule has 0 spiro atoms. The van der Waals surface area contributed by atoms with Crippen LogP contribution in [0.15, 0.2) is 34.7 Å². The number of anilines is 1. The van der Waals surface area contributed by atoms with Crippen molar-refractivity contribution in [3.63, 3.8) is 0 Å². The van der Waals surface area contributed by atoms with Crippen molar-refractivity contribution in [2.75, 3.05) is 5.73 Å². The molecule has 1 heterocycles. The van der Waals surface area contributed by atoms with Crippen molar-refractivity contribution in [2.45, 2.75) is 32.4 Å². The summed E-state index contributed by atoms with van der Waals surface area (Å²) < 4.78 is 5.58. The lowest BCUT2D eigenvalue weighted by Gasteiger charge is -2.22. The fourth-order valence-electron chi connectivity index (χ4n) is 2.36. The Morgan fingerprint density at radius 1 is 1.38 bits per heavy atom. The van der Waals surface area contributed by atoms with Crippen molar-refractivity contribution < 1.29 is 9.21 Å². The van der Waals surface area contributed by atoms with E-state index in [0.29, 0.717) is 22.8 Å². The van der Waals surface area contributed by atoms with Gasteiger partial charge in [-0.1, -0.05) is 17.7 Å². The van der Waals surface area contributed by atoms with Crippen molar-refractivity contribution >= 4 is 23.2 Å². The SMILES string of the molecule is Cc1ccc(CN(C(=O)c2cccc(N)c2Cl)C2CC2)o1. The molecular formula is C16H17ClN2O2. The van der Waals surface area contributed by atoms with Gasteiger partial charge >= 0.3 is 0 Å². The van der Waals surface area contributed by atoms with E-state index in [-0.39, 0.29) is 11.9 Å². The fourth-order valence-corrected chi connectivity index (χ4v) is 2.57. The molecule has 0 saturated heterocycles. The van der Waals surface area contributed by atoms with E-state index in [1.807, 2.05) is 24.0 Å². The van der Waals surface area contributed by atoms with E-state index < -0.39 is 0 Å². The van der Waals surface area contributed by atoms with Crippen LogP contribution in [0.3, 0.4) is 0 Å². The highest BCUT2D eigenvalue weighted by Crippen LogP contribution is 2.32. The van der Waals surface area contributed by atoms with Crippen LogP contribution in [-0.2, 0) is 6.54 Å². The van der Waals surface area contributed by atoms with Crippen LogP contribution in [0.5, 0.6) is 0 Å². The molecule has 110 valence electrons. The molecule has 0 radical (unpaired) electrons. The number of aryl methyl sites for hydroxylation is 1. The highest BCUT2D eigenvalue weighted by molar-refractivity contribution is 6.36. The molecule has 1 aliphatic carbocycles. The number of nitrogen functional groups attached to an aromatic ring is 1. The molecule has 1 amide bonds. The fraction of sp³-hybridized carbons (Fsp3) is 0.312. The van der Waals surface area contributed by atoms with E-state index in [0.717, 1.165) is 24.4 Å². The summed E-state index contributed by atoms with van der Waals surface area (Å²) in [5, 5.41) is 0.323. The largest absolute Gasteiger partial charge is 0.464 e. The maximum absolute atomic E-state index is 12.8. The minimum atomic E-state index is -0.0937. The molecule has 2 N–H and O–H groups in total. The van der Waals surface area contributed by atoms with Crippen LogP contribution in [0, 0.1) is 6.92 Å². The lowest BCUT2D eigenvalue weighted by molar-refractivity contribution is 0.0717. The number of hydrogen-bond donors (Lipinski definition) is 1. The third-order valence-corrected chi connectivity index (χ3v) is 4.05. The van der Waals surface area contributed by atoms with Gasteiger partial charge in [0.05, 0.1) is 22.8 Å². The predicted octanol–water partition coefficient (Wildman–Crippen LogP) is 3.63. The van der Waals surface area contributed by atoms with E-state index in [9.17, 15) is 4.79 Å². The second-order valence-corrected chi connectivity index (χ2v) is 5.76. The lowest BCUT2D eigenvalue weighted by atomic mass is 10.1. The van der Waals surface area contributed by atoms with Gasteiger partial charge in [-0.15, -0.1) is 0 Å². The smallest absolute Gasteiger partial charge is 0.256 e. The second kappa shape index (κ2) is 5.45. The number of benzene rings is 1. The molecular weight excluding hydrogens is 288 g/mol. The lowest BCUT2D eigenvalue weighted by Crippen LogP contribution is -2.32. The Morgan fingerprint density at radius 2 is 2.14 bits per heavy atom. The Kier molecular flexibility index (Phi) is 3.64. The van der Waals surface area contributed by atoms with Gasteiger partial charge in [-0.05, 0) is 44.0 Å². The Balaban J connectivity index is 1.87. The zero-order valence-corrected chi connectivity index (χ0v) is 12.6. The van der Waals surface area contributed by atoms with Crippen molar-refractivity contribution in [1.29, 1.82) is 0 Å². The van der Waals surface area contributed by atoms with E-state index >= 15 is 0 Å². The minimum Gasteiger partial charge on any atom is -0.464 e. The first-order valence-corrected chi connectivity index (χ1v) is 7.34. The van der Waals surface area contributed by atoms with Crippen molar-refractivity contribution in [3.8, 4) is 0 Å². The Morgan fingerprint density at radius 3 is 2.76 bits per heavy atom. The van der Waals surface area contributed by atoms with Crippen LogP contribution >= 0.6 is 11.6 Å². The van der Waals surface area contributed by atoms with E-state index in [1.54, 1.807) is 18.2 Å². The van der Waals surface area contributed by atoms with Crippen LogP contribution < -0.4 is 5.73 Å². The average molecular weight is 305 g/mol. The third kappa shape index (κ3) is 2.90. The molecule has 5 heteroatoms. The molecule has 21 heavy (non-hydrogen) atoms. The molecule has 1 aromatic carbocycles. The van der Waals surface area contributed by atoms with E-state index in [1.165, 1.54) is 0 Å². The molecule has 2 aromatic rings. The molecule has 0 unspecified atom stereocenters. The van der Waals surface area contributed by atoms with Gasteiger partial charge in [-0.2, -0.15) is 0 Å². The maximum atomic E-state index is 12.8. The van der Waals surface area contributed by atoms with Gasteiger partial charge in [0.1, 0.15) is 11.5 Å². The first kappa shape index (κ1) is 14.0. The van der Waals surface area contributed by atoms with Crippen LogP contribution in [0.4, 0.5) is 5.69 Å². The summed E-state index contributed by atoms with van der Waals surface area (Å²) in [4.78, 5) is 14.6. The zero-order valence-electron chi connectivity index (χ0n) is 11.8. The number of nitrogens with two attached hydrogens (primary N) is 1. The summed E-state index contributed by atoms with van der Waals surface area (Å²) in [6.07, 6.45) is 2.04. The van der Waals surface area contributed by atoms with Crippen LogP contribution in [-0.4, -0.2) is 16.8 Å². The minimum absolute atomic E-state index is 0.0937. The average Bonchev–Trinajstić information content (AvgIpc) is 3.22. The highest BCUT2D eigenvalue weighted by Gasteiger charge is 2.34. The number of furan rings is 1. The van der Waals surface area contributed by atoms with E-state index in [2.05, 4.69) is 0 Å². The first-order valence-electron chi connectivity index (χ1n) is 6.96. The summed E-state index contributed by atoms with van der Waals surface area (Å²) in [6, 6.07) is 9.22. The summed E-state index contributed by atoms with van der Waals surface area (Å²) in [5.74, 6) is 1.53. The van der Waals surface area contributed by atoms with Crippen molar-refractivity contribution in [2.24, 2.45) is 0 Å². The first-order chi connectivity index (χ1) is 10.1. The van der Waals surface area contributed by atoms with Gasteiger partial charge in [0.2, 0.25) is 0 Å². The monoisotopic (exact) mass is 304 g/mol. The molecule has 1 aromatic heterocycles. The van der Waals surface area contributed by atoms with Crippen LogP contribution in [0.1, 0.15) is 34.7 Å². The summed E-state index contributed by atoms with van der Waals surface area (Å²) in [6.45, 7) is 2.35. The number of amides is 1. The Bertz CT molecular complexity index is 677. The Labute approximate surface area is 128 Å². The molecule has 0 aliphatic heterocycles. The topological polar surface area (TPSA) is 59.5 Å². The molecule has 1 aliphatic rings. The number of halogens is 1. The summed E-state index contributed by atoms with van der Waals surface area (Å²) in [5.41, 5.74) is 6.66. The number of hydrogen-bond acceptors (Lipinski definition) is 3. The van der Waals surface area contributed by atoms with Gasteiger partial charge in [0.15, 0.2) is 0 Å². The summed E-state index contributed by atoms with van der Waals surface area (Å²) >= 11 is 6.17. The van der Waals surface area contributed by atoms with E-state index in [4.69, 9.17) is 21.8 Å². The maximum Gasteiger partial charge on any atom is 0.256 e. The standard InChI is InChI=1S/C16H17ClN2O2/c1-10-5-8-12(21-10)9-19(11-6-7-11)16(20)13-3-2-4-14(18)15(13)17/h2-5,8,11H,6-7,9,18H2,1H3. The molecule has 0 atom stereocenters. The van der Waals surface area contributed by atoms with Gasteiger partial charge in [-0.3, -0.25) is 4.79 Å². The van der Waals surface area contributed by atoms with Crippen molar-refractivity contribution in [3.05, 3.63) is 52.4 Å². The normalized spacial score (nSPS) is 14.2. The van der Waals surface area contributed by atoms with Crippen LogP contribution in [0.25, 0.3) is 0 Å². The molecule has 1 saturated carbocycles. The van der Waals surface area contributed by atoms with Gasteiger partial charge in [0, 0.05) is 6.04 Å². The highest BCUT2D eigenvalue weighted by atomic mass is 35.5. The van der Waals surface area contributed by atoms with Gasteiger partial charge in [0.25, 0.3) is 5.91 Å². The molecule has 0 bridgehead atoms. The quantitative estimate of drug-likeness (QED) is 0.877. The summed E-state index contributed by atoms with van der Waals surface area (Å²) in [7, 11) is 0. The third-order valence-electron chi connectivity index (χ3n) is 3.63. The Hall–Kier alpha value is -1.94. The molecule has 4 nitrogen and oxygen atoms in total. The second-order valence-electron chi connectivity index (χ2n) is 5.39. The van der Waals surface area contributed by atoms with Gasteiger partial charge < -0.3 is 15.1 Å². The van der Waals surface area contributed by atoms with Crippen molar-refractivity contribution in [1.82, 2.24) is 4.90 Å². The number of rotatable bonds is 4. The predicted molar refractivity (Wildman–Crippen MR) is 82.2 cm³/mol. The zero-order chi connectivity index (χ0) is 15.0. The molecule has 1 fully saturated rings. The molecule has 3 rings (SSSR count). The van der Waals surface area contributed by atoms with Gasteiger partial charge in [-0.25, -0.2) is 0 Å². The number of carbonyl (C=O) groups excluding carboxylic acids is 1. The number of nitrogens with zero attached hydrogens (tertiary/aromatic N) is 1.